The van der Waals surface area contributed by atoms with E-state index in [-0.39, 0.29) is 5.75 Å². The van der Waals surface area contributed by atoms with Gasteiger partial charge in [0.25, 0.3) is 0 Å². The number of sulfonamides is 1. The third-order valence-electron chi connectivity index (χ3n) is 1.43. The molecule has 0 aliphatic rings. The highest BCUT2D eigenvalue weighted by Crippen LogP contribution is 1.93. The average Bonchev–Trinajstić information content (AvgIpc) is 2.53. The van der Waals surface area contributed by atoms with Gasteiger partial charge < -0.3 is 0 Å². The van der Waals surface area contributed by atoms with Crippen LogP contribution in [0.2, 0.25) is 0 Å². The third-order valence-corrected chi connectivity index (χ3v) is 2.78. The van der Waals surface area contributed by atoms with E-state index >= 15 is 0 Å². The van der Waals surface area contributed by atoms with Gasteiger partial charge in [-0.25, -0.2) is 13.1 Å². The highest BCUT2D eigenvalue weighted by Gasteiger charge is 2.05. The number of nitrogens with one attached hydrogen (secondary N) is 2. The Balaban J connectivity index is 2.47. The lowest BCUT2D eigenvalue weighted by molar-refractivity contribution is 0.582. The normalized spacial score (nSPS) is 11.8. The van der Waals surface area contributed by atoms with Crippen molar-refractivity contribution in [1.29, 1.82) is 0 Å². The highest BCUT2D eigenvalue weighted by atomic mass is 32.2. The molecule has 0 saturated carbocycles. The van der Waals surface area contributed by atoms with Crippen molar-refractivity contribution >= 4 is 10.0 Å². The monoisotopic (exact) mass is 189 g/mol. The van der Waals surface area contributed by atoms with E-state index < -0.39 is 10.0 Å². The fourth-order valence-electron chi connectivity index (χ4n) is 0.670. The number of rotatable bonds is 4. The van der Waals surface area contributed by atoms with E-state index in [2.05, 4.69) is 14.9 Å². The summed E-state index contributed by atoms with van der Waals surface area (Å²) in [5.41, 5.74) is 0.826. The molecule has 1 heterocycles. The van der Waals surface area contributed by atoms with Gasteiger partial charge in [0.05, 0.1) is 11.9 Å². The molecule has 0 aliphatic heterocycles. The minimum Gasteiger partial charge on any atom is -0.285 e. The van der Waals surface area contributed by atoms with Crippen molar-refractivity contribution in [1.82, 2.24) is 14.9 Å². The van der Waals surface area contributed by atoms with Crippen LogP contribution in [0.15, 0.2) is 12.4 Å². The smallest absolute Gasteiger partial charge is 0.211 e. The molecule has 1 aromatic heterocycles. The summed E-state index contributed by atoms with van der Waals surface area (Å²) in [7, 11) is -3.09. The van der Waals surface area contributed by atoms with Gasteiger partial charge >= 0.3 is 0 Å². The Hall–Kier alpha value is -0.880. The second-order valence-electron chi connectivity index (χ2n) is 2.33. The third kappa shape index (κ3) is 2.63. The van der Waals surface area contributed by atoms with E-state index in [1.807, 2.05) is 0 Å². The zero-order valence-corrected chi connectivity index (χ0v) is 7.56. The molecule has 0 atom stereocenters. The van der Waals surface area contributed by atoms with Crippen molar-refractivity contribution in [2.75, 3.05) is 5.75 Å². The predicted molar refractivity (Wildman–Crippen MR) is 44.9 cm³/mol. The SMILES string of the molecule is CCS(=O)(=O)NCc1cn[nH]c1. The van der Waals surface area contributed by atoms with Gasteiger partial charge in [-0.15, -0.1) is 0 Å². The van der Waals surface area contributed by atoms with Crippen LogP contribution in [0.1, 0.15) is 12.5 Å². The van der Waals surface area contributed by atoms with Crippen molar-refractivity contribution in [2.45, 2.75) is 13.5 Å². The Bertz CT molecular complexity index is 317. The summed E-state index contributed by atoms with van der Waals surface area (Å²) < 4.78 is 24.3. The summed E-state index contributed by atoms with van der Waals surface area (Å²) in [6.45, 7) is 1.89. The number of H-pyrrole nitrogens is 1. The predicted octanol–water partition coefficient (Wildman–Crippen LogP) is -0.151. The quantitative estimate of drug-likeness (QED) is 0.691. The van der Waals surface area contributed by atoms with E-state index in [9.17, 15) is 8.42 Å². The molecule has 68 valence electrons. The van der Waals surface area contributed by atoms with Crippen molar-refractivity contribution < 1.29 is 8.42 Å². The molecule has 0 aromatic carbocycles. The molecule has 2 N–H and O–H groups in total. The van der Waals surface area contributed by atoms with Gasteiger partial charge in [-0.05, 0) is 6.92 Å². The van der Waals surface area contributed by atoms with Crippen LogP contribution >= 0.6 is 0 Å². The molecule has 12 heavy (non-hydrogen) atoms. The first-order valence-corrected chi connectivity index (χ1v) is 5.24. The molecule has 6 heteroatoms. The van der Waals surface area contributed by atoms with Crippen molar-refractivity contribution in [3.8, 4) is 0 Å². The zero-order chi connectivity index (χ0) is 9.03. The summed E-state index contributed by atoms with van der Waals surface area (Å²) in [4.78, 5) is 0. The highest BCUT2D eigenvalue weighted by molar-refractivity contribution is 7.89. The topological polar surface area (TPSA) is 74.8 Å². The lowest BCUT2D eigenvalue weighted by Crippen LogP contribution is -2.24. The Morgan fingerprint density at radius 3 is 2.92 bits per heavy atom. The summed E-state index contributed by atoms with van der Waals surface area (Å²) in [5, 5.41) is 6.29. The van der Waals surface area contributed by atoms with Crippen LogP contribution in [-0.2, 0) is 16.6 Å². The van der Waals surface area contributed by atoms with Crippen LogP contribution in [0, 0.1) is 0 Å². The lowest BCUT2D eigenvalue weighted by Gasteiger charge is -2.00. The van der Waals surface area contributed by atoms with Crippen LogP contribution in [-0.4, -0.2) is 24.4 Å². The van der Waals surface area contributed by atoms with Gasteiger partial charge in [0.2, 0.25) is 10.0 Å². The van der Waals surface area contributed by atoms with E-state index in [0.717, 1.165) is 5.56 Å². The zero-order valence-electron chi connectivity index (χ0n) is 6.74. The average molecular weight is 189 g/mol. The Morgan fingerprint density at radius 1 is 1.67 bits per heavy atom. The first-order valence-electron chi connectivity index (χ1n) is 3.59. The summed E-state index contributed by atoms with van der Waals surface area (Å²) in [5.74, 6) is 0.102. The number of aromatic nitrogens is 2. The molecule has 0 bridgehead atoms. The molecular formula is C6H11N3O2S. The van der Waals surface area contributed by atoms with Crippen LogP contribution in [0.4, 0.5) is 0 Å². The fraction of sp³-hybridized carbons (Fsp3) is 0.500. The number of nitrogens with zero attached hydrogens (tertiary/aromatic N) is 1. The number of hydrogen-bond donors (Lipinski definition) is 2. The second-order valence-corrected chi connectivity index (χ2v) is 4.43. The van der Waals surface area contributed by atoms with Gasteiger partial charge in [-0.3, -0.25) is 5.10 Å². The van der Waals surface area contributed by atoms with Crippen molar-refractivity contribution in [3.05, 3.63) is 18.0 Å². The molecule has 0 amide bonds. The summed E-state index contributed by atoms with van der Waals surface area (Å²) in [6, 6.07) is 0. The number of aromatic amines is 1. The molecule has 0 saturated heterocycles. The molecule has 5 nitrogen and oxygen atoms in total. The van der Waals surface area contributed by atoms with Gasteiger partial charge in [-0.2, -0.15) is 5.10 Å². The van der Waals surface area contributed by atoms with Crippen LogP contribution in [0.5, 0.6) is 0 Å². The molecule has 0 unspecified atom stereocenters. The van der Waals surface area contributed by atoms with Crippen LogP contribution in [0.3, 0.4) is 0 Å². The minimum atomic E-state index is -3.09. The first kappa shape index (κ1) is 9.21. The van der Waals surface area contributed by atoms with E-state index in [4.69, 9.17) is 0 Å². The molecule has 1 aromatic rings. The fourth-order valence-corrected chi connectivity index (χ4v) is 1.26. The van der Waals surface area contributed by atoms with Crippen LogP contribution in [0.25, 0.3) is 0 Å². The molecule has 0 fully saturated rings. The molecule has 0 spiro atoms. The Labute approximate surface area is 71.2 Å². The first-order chi connectivity index (χ1) is 5.64. The molecule has 1 rings (SSSR count). The van der Waals surface area contributed by atoms with E-state index in [1.165, 1.54) is 0 Å². The van der Waals surface area contributed by atoms with Crippen molar-refractivity contribution in [2.24, 2.45) is 0 Å². The van der Waals surface area contributed by atoms with Gasteiger partial charge in [-0.1, -0.05) is 0 Å². The van der Waals surface area contributed by atoms with Crippen LogP contribution < -0.4 is 4.72 Å². The summed E-state index contributed by atoms with van der Waals surface area (Å²) in [6.07, 6.45) is 3.23. The Kier molecular flexibility index (Phi) is 2.83. The summed E-state index contributed by atoms with van der Waals surface area (Å²) >= 11 is 0. The van der Waals surface area contributed by atoms with E-state index in [0.29, 0.717) is 6.54 Å². The largest absolute Gasteiger partial charge is 0.285 e. The maximum atomic E-state index is 11.0. The molecular weight excluding hydrogens is 178 g/mol. The Morgan fingerprint density at radius 2 is 2.42 bits per heavy atom. The van der Waals surface area contributed by atoms with Crippen molar-refractivity contribution in [3.63, 3.8) is 0 Å². The van der Waals surface area contributed by atoms with Gasteiger partial charge in [0.1, 0.15) is 0 Å². The van der Waals surface area contributed by atoms with Gasteiger partial charge in [0.15, 0.2) is 0 Å². The maximum Gasteiger partial charge on any atom is 0.211 e. The minimum absolute atomic E-state index is 0.102. The lowest BCUT2D eigenvalue weighted by atomic mass is 10.4. The molecule has 0 aliphatic carbocycles. The van der Waals surface area contributed by atoms with Gasteiger partial charge in [0, 0.05) is 18.3 Å². The molecule has 0 radical (unpaired) electrons. The maximum absolute atomic E-state index is 11.0. The second kappa shape index (κ2) is 3.68. The van der Waals surface area contributed by atoms with E-state index in [1.54, 1.807) is 19.3 Å². The standard InChI is InChI=1S/C6H11N3O2S/c1-2-12(10,11)9-5-6-3-7-8-4-6/h3-4,9H,2,5H2,1H3,(H,7,8). The number of hydrogen-bond acceptors (Lipinski definition) is 3.